The quantitative estimate of drug-likeness (QED) is 0.555. The lowest BCUT2D eigenvalue weighted by Gasteiger charge is -2.00. The Hall–Kier alpha value is -0.530. The minimum Gasteiger partial charge on any atom is -0.469 e. The predicted octanol–water partition coefficient (Wildman–Crippen LogP) is 3.69. The topological polar surface area (TPSA) is 26.3 Å². The van der Waals surface area contributed by atoms with Gasteiger partial charge in [-0.1, -0.05) is 51.5 Å². The fourth-order valence-corrected chi connectivity index (χ4v) is 0.321. The minimum absolute atomic E-state index is 0.577. The lowest BCUT2D eigenvalue weighted by molar-refractivity contribution is -0.140. The Morgan fingerprint density at radius 2 is 1.71 bits per heavy atom. The van der Waals surface area contributed by atoms with Crippen LogP contribution in [-0.4, -0.2) is 13.1 Å². The molecule has 0 spiro atoms. The SMILES string of the molecule is [2H]C([2H])([2H])C([2H])([2H])C([2H])([2H])C([2H])([2H])C([2H])([2H])C([2H])([2H])C([2H])([2H])C([2H])([2H])C([2H])([2H])C([2H])([2H])C(=O)OC. The third-order valence-corrected chi connectivity index (χ3v) is 0.787. The first kappa shape index (κ1) is 1.87. The van der Waals surface area contributed by atoms with Gasteiger partial charge in [-0.3, -0.25) is 4.79 Å². The van der Waals surface area contributed by atoms with Crippen LogP contribution in [-0.2, 0) is 9.53 Å². The van der Waals surface area contributed by atoms with Crippen molar-refractivity contribution in [2.75, 3.05) is 7.11 Å². The summed E-state index contributed by atoms with van der Waals surface area (Å²) in [7, 11) is 0.577. The van der Waals surface area contributed by atoms with Crippen molar-refractivity contribution in [3.63, 3.8) is 0 Å². The third-order valence-electron chi connectivity index (χ3n) is 0.787. The lowest BCUT2D eigenvalue weighted by atomic mass is 10.1. The molecule has 0 unspecified atom stereocenters. The van der Waals surface area contributed by atoms with Gasteiger partial charge in [-0.15, -0.1) is 0 Å². The molecule has 0 fully saturated rings. The van der Waals surface area contributed by atoms with Gasteiger partial charge in [0.2, 0.25) is 0 Å². The third kappa shape index (κ3) is 9.56. The van der Waals surface area contributed by atoms with Crippen LogP contribution < -0.4 is 0 Å². The van der Waals surface area contributed by atoms with Crippen LogP contribution in [0, 0.1) is 0 Å². The zero-order valence-corrected chi connectivity index (χ0v) is 7.32. The van der Waals surface area contributed by atoms with Crippen LogP contribution in [0.25, 0.3) is 0 Å². The molecule has 2 nitrogen and oxygen atoms in total. The van der Waals surface area contributed by atoms with Crippen LogP contribution in [0.4, 0.5) is 0 Å². The molecule has 0 radical (unpaired) electrons. The number of hydrogen-bond donors (Lipinski definition) is 0. The molecule has 84 valence electrons. The summed E-state index contributed by atoms with van der Waals surface area (Å²) in [6.07, 6.45) is -40.0. The zero-order valence-electron chi connectivity index (χ0n) is 28.3. The maximum Gasteiger partial charge on any atom is 0.305 e. The van der Waals surface area contributed by atoms with Crippen LogP contribution in [0.2, 0.25) is 0 Å². The van der Waals surface area contributed by atoms with Gasteiger partial charge in [0, 0.05) is 35.2 Å². The standard InChI is InChI=1S/C12H24O2/c1-3-4-5-6-7-8-9-10-11-12(13)14-2/h3-11H2,1-2H3/i1D3,3D2,4D2,5D2,6D2,7D2,8D2,9D2,10D2,11D2. The Labute approximate surface area is 118 Å². The van der Waals surface area contributed by atoms with E-state index < -0.39 is 70.2 Å². The molecule has 0 aliphatic heterocycles. The highest BCUT2D eigenvalue weighted by atomic mass is 16.5. The summed E-state index contributed by atoms with van der Waals surface area (Å²) in [4.78, 5) is 11.7. The van der Waals surface area contributed by atoms with Gasteiger partial charge in [0.25, 0.3) is 0 Å². The molecule has 0 saturated carbocycles. The van der Waals surface area contributed by atoms with E-state index in [1.165, 1.54) is 0 Å². The van der Waals surface area contributed by atoms with E-state index >= 15 is 0 Å². The summed E-state index contributed by atoms with van der Waals surface area (Å²) in [5, 5.41) is 0. The van der Waals surface area contributed by atoms with Crippen molar-refractivity contribution in [1.29, 1.82) is 0 Å². The number of rotatable bonds is 9. The summed E-state index contributed by atoms with van der Waals surface area (Å²) in [5.74, 6) is -2.05. The predicted molar refractivity (Wildman–Crippen MR) is 59.2 cm³/mol. The molecule has 0 amide bonds. The van der Waals surface area contributed by atoms with Gasteiger partial charge in [-0.25, -0.2) is 0 Å². The van der Waals surface area contributed by atoms with Crippen molar-refractivity contribution in [2.45, 2.75) is 64.2 Å². The van der Waals surface area contributed by atoms with Crippen molar-refractivity contribution in [2.24, 2.45) is 0 Å². The molecular weight excluding hydrogens is 176 g/mol. The van der Waals surface area contributed by atoms with E-state index in [2.05, 4.69) is 4.74 Å². The lowest BCUT2D eigenvalue weighted by Crippen LogP contribution is -1.99. The highest BCUT2D eigenvalue weighted by Gasteiger charge is 1.98. The second-order valence-corrected chi connectivity index (χ2v) is 1.62. The molecule has 0 rings (SSSR count). The average molecular weight is 221 g/mol. The van der Waals surface area contributed by atoms with Gasteiger partial charge in [0.05, 0.1) is 7.11 Å². The molecule has 2 heteroatoms. The van der Waals surface area contributed by atoms with Gasteiger partial charge < -0.3 is 4.74 Å². The van der Waals surface area contributed by atoms with Crippen LogP contribution in [0.1, 0.15) is 93.0 Å². The normalized spacial score (nSPS) is 42.5. The molecule has 0 aromatic carbocycles. The number of hydrogen-bond acceptors (Lipinski definition) is 2. The van der Waals surface area contributed by atoms with Crippen molar-refractivity contribution >= 4 is 5.97 Å². The van der Waals surface area contributed by atoms with E-state index in [1.54, 1.807) is 0 Å². The van der Waals surface area contributed by atoms with Gasteiger partial charge in [0.15, 0.2) is 0 Å². The largest absolute Gasteiger partial charge is 0.469 e. The second-order valence-electron chi connectivity index (χ2n) is 1.62. The number of carbonyl (C=O) groups excluding carboxylic acids is 1. The van der Waals surface area contributed by atoms with Gasteiger partial charge in [-0.05, 0) is 6.37 Å². The number of carbonyl (C=O) groups is 1. The fraction of sp³-hybridized carbons (Fsp3) is 0.917. The van der Waals surface area contributed by atoms with Gasteiger partial charge in [0.1, 0.15) is 0 Å². The van der Waals surface area contributed by atoms with E-state index in [0.29, 0.717) is 7.11 Å². The van der Waals surface area contributed by atoms with Crippen LogP contribution in [0.5, 0.6) is 0 Å². The smallest absolute Gasteiger partial charge is 0.305 e. The molecular formula is C12H24O2. The van der Waals surface area contributed by atoms with E-state index in [4.69, 9.17) is 28.8 Å². The van der Waals surface area contributed by atoms with Crippen molar-refractivity contribution in [1.82, 2.24) is 0 Å². The van der Waals surface area contributed by atoms with Gasteiger partial charge in [-0.2, -0.15) is 0 Å². The van der Waals surface area contributed by atoms with Crippen molar-refractivity contribution in [3.8, 4) is 0 Å². The first-order valence-corrected chi connectivity index (χ1v) is 3.32. The Kier molecular flexibility index (Phi) is 1.41. The first-order valence-electron chi connectivity index (χ1n) is 13.8. The highest BCUT2D eigenvalue weighted by Crippen LogP contribution is 2.09. The summed E-state index contributed by atoms with van der Waals surface area (Å²) in [6, 6.07) is 0. The fourth-order valence-electron chi connectivity index (χ4n) is 0.321. The Bertz CT molecular complexity index is 806. The second kappa shape index (κ2) is 10.6. The summed E-state index contributed by atoms with van der Waals surface area (Å²) in [6.45, 7) is -3.94. The Balaban J connectivity index is 7.12. The van der Waals surface area contributed by atoms with E-state index in [9.17, 15) is 4.79 Å². The molecule has 0 aliphatic rings. The maximum absolute atomic E-state index is 11.7. The summed E-state index contributed by atoms with van der Waals surface area (Å²) < 4.78 is 165. The molecule has 0 aromatic heterocycles. The number of methoxy groups -OCH3 is 1. The molecule has 0 heterocycles. The van der Waals surface area contributed by atoms with Crippen LogP contribution in [0.15, 0.2) is 0 Å². The molecule has 0 atom stereocenters. The van der Waals surface area contributed by atoms with E-state index in [0.717, 1.165) is 0 Å². The molecule has 0 bridgehead atoms. The first-order chi connectivity index (χ1) is 14.7. The van der Waals surface area contributed by atoms with Crippen molar-refractivity contribution < 1.29 is 38.3 Å². The number of esters is 1. The summed E-state index contributed by atoms with van der Waals surface area (Å²) in [5.41, 5.74) is 0. The highest BCUT2D eigenvalue weighted by molar-refractivity contribution is 5.68. The minimum atomic E-state index is -4.66. The molecule has 0 N–H and O–H groups in total. The Morgan fingerprint density at radius 1 is 1.14 bits per heavy atom. The summed E-state index contributed by atoms with van der Waals surface area (Å²) >= 11 is 0. The number of ether oxygens (including phenoxy) is 1. The maximum atomic E-state index is 11.7. The Morgan fingerprint density at radius 3 is 2.29 bits per heavy atom. The average Bonchev–Trinajstić information content (AvgIpc) is 2.64. The molecule has 0 aromatic rings. The van der Waals surface area contributed by atoms with Crippen molar-refractivity contribution in [3.05, 3.63) is 0 Å². The van der Waals surface area contributed by atoms with Crippen LogP contribution in [0.3, 0.4) is 0 Å². The van der Waals surface area contributed by atoms with Gasteiger partial charge >= 0.3 is 5.97 Å². The zero-order chi connectivity index (χ0) is 29.3. The molecule has 0 saturated heterocycles. The van der Waals surface area contributed by atoms with E-state index in [-0.39, 0.29) is 0 Å². The monoisotopic (exact) mass is 221 g/mol. The molecule has 14 heavy (non-hydrogen) atoms. The van der Waals surface area contributed by atoms with E-state index in [1.807, 2.05) is 0 Å². The molecule has 0 aliphatic carbocycles. The van der Waals surface area contributed by atoms with Crippen LogP contribution >= 0.6 is 0 Å².